The van der Waals surface area contributed by atoms with Crippen molar-refractivity contribution in [3.8, 4) is 0 Å². The minimum Gasteiger partial charge on any atom is -0.480 e. The van der Waals surface area contributed by atoms with E-state index in [-0.39, 0.29) is 25.2 Å². The molecule has 4 unspecified atom stereocenters. The number of carbonyl (C=O) groups is 5. The van der Waals surface area contributed by atoms with Gasteiger partial charge in [-0.25, -0.2) is 9.78 Å². The molecule has 0 aromatic carbocycles. The van der Waals surface area contributed by atoms with Gasteiger partial charge in [0.15, 0.2) is 0 Å². The number of carbonyl (C=O) groups excluding carboxylic acids is 4. The fourth-order valence-corrected chi connectivity index (χ4v) is 2.73. The molecule has 0 saturated heterocycles. The second kappa shape index (κ2) is 12.4. The monoisotopic (exact) mass is 453 g/mol. The van der Waals surface area contributed by atoms with Crippen molar-refractivity contribution in [1.29, 1.82) is 0 Å². The first-order chi connectivity index (χ1) is 14.9. The highest BCUT2D eigenvalue weighted by atomic mass is 16.4. The molecule has 32 heavy (non-hydrogen) atoms. The third-order valence-corrected chi connectivity index (χ3v) is 4.62. The Morgan fingerprint density at radius 1 is 1.06 bits per heavy atom. The van der Waals surface area contributed by atoms with Crippen LogP contribution in [0.1, 0.15) is 39.3 Å². The number of H-pyrrole nitrogens is 1. The summed E-state index contributed by atoms with van der Waals surface area (Å²) in [6.45, 7) is 4.78. The van der Waals surface area contributed by atoms with Gasteiger partial charge in [0.05, 0.1) is 12.4 Å². The lowest BCUT2D eigenvalue weighted by Gasteiger charge is -2.25. The summed E-state index contributed by atoms with van der Waals surface area (Å²) >= 11 is 0. The number of carboxylic acid groups (broad SMARTS) is 1. The van der Waals surface area contributed by atoms with Crippen molar-refractivity contribution in [1.82, 2.24) is 25.9 Å². The van der Waals surface area contributed by atoms with Crippen molar-refractivity contribution in [2.24, 2.45) is 17.4 Å². The number of aromatic nitrogens is 2. The maximum absolute atomic E-state index is 12.7. The number of carboxylic acids is 1. The molecule has 1 heterocycles. The quantitative estimate of drug-likeness (QED) is 0.172. The summed E-state index contributed by atoms with van der Waals surface area (Å²) in [7, 11) is 0. The van der Waals surface area contributed by atoms with Crippen molar-refractivity contribution in [3.63, 3.8) is 0 Å². The molecule has 0 radical (unpaired) electrons. The van der Waals surface area contributed by atoms with E-state index in [1.807, 2.05) is 0 Å². The van der Waals surface area contributed by atoms with Crippen LogP contribution in [-0.4, -0.2) is 68.8 Å². The second-order valence-electron chi connectivity index (χ2n) is 7.75. The van der Waals surface area contributed by atoms with Crippen molar-refractivity contribution >= 4 is 29.6 Å². The molecule has 9 N–H and O–H groups in total. The summed E-state index contributed by atoms with van der Waals surface area (Å²) < 4.78 is 0. The summed E-state index contributed by atoms with van der Waals surface area (Å²) in [6, 6.07) is -4.34. The average molecular weight is 454 g/mol. The van der Waals surface area contributed by atoms with E-state index in [2.05, 4.69) is 25.9 Å². The minimum atomic E-state index is -1.34. The van der Waals surface area contributed by atoms with Crippen molar-refractivity contribution in [3.05, 3.63) is 18.2 Å². The number of primary amides is 1. The Kier molecular flexibility index (Phi) is 10.3. The number of imidazole rings is 1. The van der Waals surface area contributed by atoms with Gasteiger partial charge in [0.2, 0.25) is 23.6 Å². The number of amides is 4. The Balaban J connectivity index is 2.69. The molecule has 1 rings (SSSR count). The lowest BCUT2D eigenvalue weighted by atomic mass is 10.0. The highest BCUT2D eigenvalue weighted by Gasteiger charge is 2.30. The van der Waals surface area contributed by atoms with Gasteiger partial charge in [-0.15, -0.1) is 0 Å². The topological polar surface area (TPSA) is 222 Å². The van der Waals surface area contributed by atoms with Crippen LogP contribution in [0, 0.1) is 5.92 Å². The van der Waals surface area contributed by atoms with Crippen LogP contribution in [0.2, 0.25) is 0 Å². The molecule has 0 fully saturated rings. The Hall–Kier alpha value is -3.48. The summed E-state index contributed by atoms with van der Waals surface area (Å²) in [5.41, 5.74) is 11.6. The Morgan fingerprint density at radius 2 is 1.72 bits per heavy atom. The van der Waals surface area contributed by atoms with E-state index in [0.29, 0.717) is 5.69 Å². The standard InChI is InChI=1S/C19H31N7O6/c1-9(2)15(26-17(29)12(20)6-11-7-22-8-23-11)18(30)24-10(3)16(28)25-13(19(31)32)4-5-14(21)27/h7-10,12-13,15H,4-6,20H2,1-3H3,(H2,21,27)(H,22,23)(H,24,30)(H,25,28)(H,26,29)(H,31,32). The van der Waals surface area contributed by atoms with Crippen LogP contribution in [-0.2, 0) is 30.4 Å². The molecule has 0 aliphatic carbocycles. The summed E-state index contributed by atoms with van der Waals surface area (Å²) in [6.07, 6.45) is 2.78. The third kappa shape index (κ3) is 8.71. The zero-order chi connectivity index (χ0) is 24.4. The highest BCUT2D eigenvalue weighted by molar-refractivity contribution is 5.94. The SMILES string of the molecule is CC(NC(=O)C(NC(=O)C(N)Cc1cnc[nH]1)C(C)C)C(=O)NC(CCC(N)=O)C(=O)O. The zero-order valence-electron chi connectivity index (χ0n) is 18.3. The van der Waals surface area contributed by atoms with E-state index < -0.39 is 53.8 Å². The summed E-state index contributed by atoms with van der Waals surface area (Å²) in [5, 5.41) is 16.5. The van der Waals surface area contributed by atoms with Crippen LogP contribution in [0.25, 0.3) is 0 Å². The normalized spacial score (nSPS) is 14.7. The molecule has 13 heteroatoms. The lowest BCUT2D eigenvalue weighted by Crippen LogP contribution is -2.58. The smallest absolute Gasteiger partial charge is 0.326 e. The molecule has 178 valence electrons. The van der Waals surface area contributed by atoms with Crippen LogP contribution in [0.4, 0.5) is 0 Å². The molecule has 4 atom stereocenters. The molecule has 0 aliphatic heterocycles. The Labute approximate surface area is 185 Å². The first-order valence-electron chi connectivity index (χ1n) is 10.1. The average Bonchev–Trinajstić information content (AvgIpc) is 3.20. The number of nitrogens with two attached hydrogens (primary N) is 2. The van der Waals surface area contributed by atoms with Crippen LogP contribution < -0.4 is 27.4 Å². The van der Waals surface area contributed by atoms with Gasteiger partial charge in [-0.3, -0.25) is 19.2 Å². The minimum absolute atomic E-state index is 0.185. The van der Waals surface area contributed by atoms with E-state index in [1.54, 1.807) is 13.8 Å². The van der Waals surface area contributed by atoms with Gasteiger partial charge < -0.3 is 37.5 Å². The van der Waals surface area contributed by atoms with E-state index in [9.17, 15) is 29.1 Å². The Morgan fingerprint density at radius 3 is 2.22 bits per heavy atom. The van der Waals surface area contributed by atoms with E-state index >= 15 is 0 Å². The first-order valence-corrected chi connectivity index (χ1v) is 10.1. The Bertz CT molecular complexity index is 811. The fraction of sp³-hybridized carbons (Fsp3) is 0.579. The van der Waals surface area contributed by atoms with E-state index in [4.69, 9.17) is 11.5 Å². The largest absolute Gasteiger partial charge is 0.480 e. The van der Waals surface area contributed by atoms with Crippen LogP contribution in [0.15, 0.2) is 12.5 Å². The van der Waals surface area contributed by atoms with Crippen LogP contribution in [0.5, 0.6) is 0 Å². The molecule has 1 aromatic heterocycles. The predicted molar refractivity (Wildman–Crippen MR) is 113 cm³/mol. The molecular formula is C19H31N7O6. The van der Waals surface area contributed by atoms with Crippen molar-refractivity contribution in [2.75, 3.05) is 0 Å². The highest BCUT2D eigenvalue weighted by Crippen LogP contribution is 2.05. The molecule has 13 nitrogen and oxygen atoms in total. The molecule has 0 saturated carbocycles. The summed E-state index contributed by atoms with van der Waals surface area (Å²) in [5.74, 6) is -4.31. The second-order valence-corrected chi connectivity index (χ2v) is 7.75. The first kappa shape index (κ1) is 26.6. The van der Waals surface area contributed by atoms with Gasteiger partial charge in [0.25, 0.3) is 0 Å². The third-order valence-electron chi connectivity index (χ3n) is 4.62. The number of aliphatic carboxylic acids is 1. The molecular weight excluding hydrogens is 422 g/mol. The van der Waals surface area contributed by atoms with Crippen LogP contribution >= 0.6 is 0 Å². The molecule has 0 aliphatic rings. The number of hydrogen-bond acceptors (Lipinski definition) is 7. The zero-order valence-corrected chi connectivity index (χ0v) is 18.3. The van der Waals surface area contributed by atoms with Crippen LogP contribution in [0.3, 0.4) is 0 Å². The molecule has 0 bridgehead atoms. The van der Waals surface area contributed by atoms with Crippen molar-refractivity contribution in [2.45, 2.75) is 64.2 Å². The predicted octanol–water partition coefficient (Wildman–Crippen LogP) is -2.24. The lowest BCUT2D eigenvalue weighted by molar-refractivity contribution is -0.142. The van der Waals surface area contributed by atoms with Gasteiger partial charge >= 0.3 is 5.97 Å². The van der Waals surface area contributed by atoms with Gasteiger partial charge in [0.1, 0.15) is 18.1 Å². The number of hydrogen-bond donors (Lipinski definition) is 7. The molecule has 0 spiro atoms. The maximum Gasteiger partial charge on any atom is 0.326 e. The number of nitrogens with zero attached hydrogens (tertiary/aromatic N) is 1. The fourth-order valence-electron chi connectivity index (χ4n) is 2.73. The van der Waals surface area contributed by atoms with Crippen molar-refractivity contribution < 1.29 is 29.1 Å². The van der Waals surface area contributed by atoms with Gasteiger partial charge in [-0.05, 0) is 19.3 Å². The number of rotatable bonds is 13. The van der Waals surface area contributed by atoms with Gasteiger partial charge in [-0.2, -0.15) is 0 Å². The maximum atomic E-state index is 12.7. The van der Waals surface area contributed by atoms with Gasteiger partial charge in [0, 0.05) is 24.7 Å². The summed E-state index contributed by atoms with van der Waals surface area (Å²) in [4.78, 5) is 66.2. The number of nitrogens with one attached hydrogen (secondary N) is 4. The molecule has 1 aromatic rings. The van der Waals surface area contributed by atoms with Gasteiger partial charge in [-0.1, -0.05) is 13.8 Å². The van der Waals surface area contributed by atoms with E-state index in [0.717, 1.165) is 0 Å². The van der Waals surface area contributed by atoms with E-state index in [1.165, 1.54) is 19.4 Å². The number of aromatic amines is 1. The molecule has 4 amide bonds.